The van der Waals surface area contributed by atoms with E-state index in [0.29, 0.717) is 6.26 Å². The first-order valence-corrected chi connectivity index (χ1v) is 3.64. The maximum Gasteiger partial charge on any atom is 0.419 e. The predicted molar refractivity (Wildman–Crippen MR) is 38.0 cm³/mol. The van der Waals surface area contributed by atoms with Crippen LogP contribution in [0.25, 0.3) is 0 Å². The van der Waals surface area contributed by atoms with Crippen LogP contribution in [0.4, 0.5) is 13.2 Å². The fourth-order valence-electron chi connectivity index (χ4n) is 0.710. The summed E-state index contributed by atoms with van der Waals surface area (Å²) in [7, 11) is 0. The Morgan fingerprint density at radius 2 is 2.08 bits per heavy atom. The lowest BCUT2D eigenvalue weighted by Gasteiger charge is -1.99. The van der Waals surface area contributed by atoms with Gasteiger partial charge in [0.05, 0.1) is 10.9 Å². The van der Waals surface area contributed by atoms with Gasteiger partial charge in [-0.25, -0.2) is 0 Å². The van der Waals surface area contributed by atoms with Crippen molar-refractivity contribution in [3.8, 4) is 0 Å². The zero-order valence-corrected chi connectivity index (χ0v) is 6.91. The summed E-state index contributed by atoms with van der Waals surface area (Å²) in [5.74, 6) is 0.129. The van der Waals surface area contributed by atoms with E-state index in [2.05, 4.69) is 4.42 Å². The third kappa shape index (κ3) is 1.94. The van der Waals surface area contributed by atoms with Gasteiger partial charge in [0, 0.05) is 0 Å². The highest BCUT2D eigenvalue weighted by Gasteiger charge is 2.32. The molecule has 1 unspecified atom stereocenters. The lowest BCUT2D eigenvalue weighted by Crippen LogP contribution is -2.02. The summed E-state index contributed by atoms with van der Waals surface area (Å²) in [6.45, 7) is 1.54. The minimum absolute atomic E-state index is 0.129. The summed E-state index contributed by atoms with van der Waals surface area (Å²) in [4.78, 5) is 0. The number of rotatable bonds is 1. The van der Waals surface area contributed by atoms with Gasteiger partial charge in [0.2, 0.25) is 0 Å². The smallest absolute Gasteiger partial charge is 0.419 e. The Morgan fingerprint density at radius 1 is 1.50 bits per heavy atom. The van der Waals surface area contributed by atoms with Crippen LogP contribution in [0.15, 0.2) is 16.7 Å². The molecular weight excluding hydrogens is 193 g/mol. The number of furan rings is 1. The third-order valence-corrected chi connectivity index (χ3v) is 1.55. The van der Waals surface area contributed by atoms with E-state index in [1.807, 2.05) is 0 Å². The molecule has 0 radical (unpaired) electrons. The zero-order valence-electron chi connectivity index (χ0n) is 6.15. The highest BCUT2D eigenvalue weighted by molar-refractivity contribution is 6.20. The molecule has 1 rings (SSSR count). The molecule has 68 valence electrons. The van der Waals surface area contributed by atoms with Crippen LogP contribution in [0.1, 0.15) is 23.6 Å². The second-order valence-electron chi connectivity index (χ2n) is 2.35. The molecule has 1 aromatic rings. The zero-order chi connectivity index (χ0) is 9.35. The Kier molecular flexibility index (Phi) is 2.37. The maximum atomic E-state index is 12.0. The van der Waals surface area contributed by atoms with Crippen molar-refractivity contribution < 1.29 is 17.6 Å². The van der Waals surface area contributed by atoms with Gasteiger partial charge < -0.3 is 4.42 Å². The minimum atomic E-state index is -4.35. The fourth-order valence-corrected chi connectivity index (χ4v) is 0.824. The van der Waals surface area contributed by atoms with Crippen molar-refractivity contribution in [1.82, 2.24) is 0 Å². The molecular formula is C7H6ClF3O. The standard InChI is InChI=1S/C7H6ClF3O/c1-4(8)6-2-5(3-12-6)7(9,10)11/h2-4H,1H3. The largest absolute Gasteiger partial charge is 0.467 e. The van der Waals surface area contributed by atoms with Crippen molar-refractivity contribution in [3.63, 3.8) is 0 Å². The number of hydrogen-bond donors (Lipinski definition) is 0. The second-order valence-corrected chi connectivity index (χ2v) is 3.01. The van der Waals surface area contributed by atoms with E-state index in [9.17, 15) is 13.2 Å². The summed E-state index contributed by atoms with van der Waals surface area (Å²) in [6.07, 6.45) is -3.69. The van der Waals surface area contributed by atoms with Crippen LogP contribution in [0.3, 0.4) is 0 Å². The van der Waals surface area contributed by atoms with Crippen molar-refractivity contribution in [2.24, 2.45) is 0 Å². The number of alkyl halides is 4. The summed E-state index contributed by atoms with van der Waals surface area (Å²) < 4.78 is 40.5. The van der Waals surface area contributed by atoms with Gasteiger partial charge in [-0.3, -0.25) is 0 Å². The molecule has 1 atom stereocenters. The van der Waals surface area contributed by atoms with Crippen molar-refractivity contribution in [3.05, 3.63) is 23.7 Å². The summed E-state index contributed by atoms with van der Waals surface area (Å²) >= 11 is 5.51. The minimum Gasteiger partial charge on any atom is -0.467 e. The molecule has 0 aliphatic carbocycles. The molecule has 0 aromatic carbocycles. The molecule has 1 heterocycles. The van der Waals surface area contributed by atoms with Gasteiger partial charge >= 0.3 is 6.18 Å². The molecule has 0 amide bonds. The summed E-state index contributed by atoms with van der Waals surface area (Å²) in [5, 5.41) is -0.541. The highest BCUT2D eigenvalue weighted by atomic mass is 35.5. The average molecular weight is 199 g/mol. The molecule has 0 N–H and O–H groups in total. The monoisotopic (exact) mass is 198 g/mol. The number of hydrogen-bond acceptors (Lipinski definition) is 1. The van der Waals surface area contributed by atoms with Gasteiger partial charge in [-0.05, 0) is 13.0 Å². The first kappa shape index (κ1) is 9.45. The van der Waals surface area contributed by atoms with Gasteiger partial charge in [0.1, 0.15) is 12.0 Å². The Bertz CT molecular complexity index is 264. The van der Waals surface area contributed by atoms with Gasteiger partial charge in [0.25, 0.3) is 0 Å². The fraction of sp³-hybridized carbons (Fsp3) is 0.429. The molecule has 0 bridgehead atoms. The van der Waals surface area contributed by atoms with Crippen molar-refractivity contribution in [2.75, 3.05) is 0 Å². The first-order chi connectivity index (χ1) is 5.41. The second kappa shape index (κ2) is 3.01. The van der Waals surface area contributed by atoms with E-state index < -0.39 is 17.1 Å². The maximum absolute atomic E-state index is 12.0. The average Bonchev–Trinajstić information content (AvgIpc) is 2.30. The van der Waals surface area contributed by atoms with Crippen molar-refractivity contribution in [2.45, 2.75) is 18.5 Å². The quantitative estimate of drug-likeness (QED) is 0.629. The topological polar surface area (TPSA) is 13.1 Å². The summed E-state index contributed by atoms with van der Waals surface area (Å²) in [5.41, 5.74) is -0.801. The Morgan fingerprint density at radius 3 is 2.33 bits per heavy atom. The van der Waals surface area contributed by atoms with E-state index >= 15 is 0 Å². The molecule has 0 saturated carbocycles. The van der Waals surface area contributed by atoms with Crippen LogP contribution in [-0.2, 0) is 6.18 Å². The van der Waals surface area contributed by atoms with Crippen LogP contribution in [0.5, 0.6) is 0 Å². The lowest BCUT2D eigenvalue weighted by molar-refractivity contribution is -0.137. The molecule has 0 fully saturated rings. The predicted octanol–water partition coefficient (Wildman–Crippen LogP) is 3.60. The molecule has 12 heavy (non-hydrogen) atoms. The van der Waals surface area contributed by atoms with E-state index in [0.717, 1.165) is 6.07 Å². The van der Waals surface area contributed by atoms with Gasteiger partial charge in [-0.1, -0.05) is 0 Å². The van der Waals surface area contributed by atoms with E-state index in [-0.39, 0.29) is 5.76 Å². The third-order valence-electron chi connectivity index (χ3n) is 1.34. The van der Waals surface area contributed by atoms with Crippen LogP contribution in [-0.4, -0.2) is 0 Å². The number of halogens is 4. The SMILES string of the molecule is CC(Cl)c1cc(C(F)(F)F)co1. The van der Waals surface area contributed by atoms with E-state index in [4.69, 9.17) is 11.6 Å². The highest BCUT2D eigenvalue weighted by Crippen LogP contribution is 2.33. The molecule has 0 aliphatic rings. The van der Waals surface area contributed by atoms with Gasteiger partial charge in [-0.15, -0.1) is 11.6 Å². The molecule has 1 aromatic heterocycles. The molecule has 0 spiro atoms. The normalized spacial score (nSPS) is 14.8. The van der Waals surface area contributed by atoms with Crippen molar-refractivity contribution >= 4 is 11.6 Å². The van der Waals surface area contributed by atoms with E-state index in [1.165, 1.54) is 0 Å². The molecule has 5 heteroatoms. The Balaban J connectivity index is 2.92. The molecule has 1 nitrogen and oxygen atoms in total. The molecule has 0 saturated heterocycles. The molecule has 0 aliphatic heterocycles. The van der Waals surface area contributed by atoms with E-state index in [1.54, 1.807) is 6.92 Å². The van der Waals surface area contributed by atoms with Crippen molar-refractivity contribution in [1.29, 1.82) is 0 Å². The summed E-state index contributed by atoms with van der Waals surface area (Å²) in [6, 6.07) is 0.900. The lowest BCUT2D eigenvalue weighted by atomic mass is 10.3. The van der Waals surface area contributed by atoms with Crippen LogP contribution < -0.4 is 0 Å². The Labute approximate surface area is 72.1 Å². The van der Waals surface area contributed by atoms with Crippen LogP contribution >= 0.6 is 11.6 Å². The first-order valence-electron chi connectivity index (χ1n) is 3.21. The van der Waals surface area contributed by atoms with Gasteiger partial charge in [0.15, 0.2) is 0 Å². The van der Waals surface area contributed by atoms with Crippen LogP contribution in [0.2, 0.25) is 0 Å². The van der Waals surface area contributed by atoms with Gasteiger partial charge in [-0.2, -0.15) is 13.2 Å². The Hall–Kier alpha value is -0.640. The van der Waals surface area contributed by atoms with Crippen LogP contribution in [0, 0.1) is 0 Å².